The molecule has 2 aromatic rings. The standard InChI is InChI=1S/C20H23NO2/c1-3-15-9-11-17(12-10-15)23-19(4-2)20(22)21-14-13-16-7-5-6-8-18(16)21/h5-12,19H,3-4,13-14H2,1-2H3. The average Bonchev–Trinajstić information content (AvgIpc) is 3.03. The maximum atomic E-state index is 12.9. The number of para-hydroxylation sites is 1. The molecule has 0 bridgehead atoms. The first-order valence-electron chi connectivity index (χ1n) is 8.37. The summed E-state index contributed by atoms with van der Waals surface area (Å²) in [5.74, 6) is 0.812. The molecule has 0 saturated carbocycles. The van der Waals surface area contributed by atoms with Crippen molar-refractivity contribution in [3.63, 3.8) is 0 Å². The second-order valence-corrected chi connectivity index (χ2v) is 5.88. The molecule has 1 amide bonds. The van der Waals surface area contributed by atoms with Gasteiger partial charge in [-0.05, 0) is 48.6 Å². The summed E-state index contributed by atoms with van der Waals surface area (Å²) >= 11 is 0. The zero-order valence-electron chi connectivity index (χ0n) is 13.8. The van der Waals surface area contributed by atoms with Crippen LogP contribution < -0.4 is 9.64 Å². The van der Waals surface area contributed by atoms with Crippen LogP contribution in [0.3, 0.4) is 0 Å². The zero-order chi connectivity index (χ0) is 16.2. The van der Waals surface area contributed by atoms with Crippen LogP contribution in [0.4, 0.5) is 5.69 Å². The number of carbonyl (C=O) groups excluding carboxylic acids is 1. The first-order valence-corrected chi connectivity index (χ1v) is 8.37. The van der Waals surface area contributed by atoms with Crippen molar-refractivity contribution in [1.29, 1.82) is 0 Å². The minimum absolute atomic E-state index is 0.0528. The lowest BCUT2D eigenvalue weighted by Crippen LogP contribution is -2.41. The van der Waals surface area contributed by atoms with E-state index in [0.717, 1.165) is 30.8 Å². The molecule has 1 aliphatic rings. The lowest BCUT2D eigenvalue weighted by molar-refractivity contribution is -0.125. The van der Waals surface area contributed by atoms with Gasteiger partial charge in [-0.1, -0.05) is 44.2 Å². The first kappa shape index (κ1) is 15.6. The molecule has 0 N–H and O–H groups in total. The van der Waals surface area contributed by atoms with Crippen molar-refractivity contribution in [2.45, 2.75) is 39.2 Å². The second-order valence-electron chi connectivity index (χ2n) is 5.88. The molecule has 0 saturated heterocycles. The zero-order valence-corrected chi connectivity index (χ0v) is 13.8. The van der Waals surface area contributed by atoms with Crippen LogP contribution in [0.2, 0.25) is 0 Å². The third-order valence-electron chi connectivity index (χ3n) is 4.41. The van der Waals surface area contributed by atoms with Gasteiger partial charge in [-0.15, -0.1) is 0 Å². The normalized spacial score (nSPS) is 14.4. The van der Waals surface area contributed by atoms with Crippen LogP contribution in [0.15, 0.2) is 48.5 Å². The molecule has 0 fully saturated rings. The number of nitrogens with zero attached hydrogens (tertiary/aromatic N) is 1. The number of benzene rings is 2. The Labute approximate surface area is 137 Å². The number of rotatable bonds is 5. The van der Waals surface area contributed by atoms with Gasteiger partial charge in [0.15, 0.2) is 6.10 Å². The van der Waals surface area contributed by atoms with Crippen LogP contribution in [0, 0.1) is 0 Å². The highest BCUT2D eigenvalue weighted by molar-refractivity contribution is 5.98. The molecule has 1 aliphatic heterocycles. The highest BCUT2D eigenvalue weighted by Crippen LogP contribution is 2.29. The number of amides is 1. The van der Waals surface area contributed by atoms with Crippen LogP contribution in [-0.4, -0.2) is 18.6 Å². The molecule has 3 rings (SSSR count). The van der Waals surface area contributed by atoms with Crippen molar-refractivity contribution in [2.75, 3.05) is 11.4 Å². The van der Waals surface area contributed by atoms with Crippen LogP contribution in [0.1, 0.15) is 31.4 Å². The van der Waals surface area contributed by atoms with E-state index in [9.17, 15) is 4.79 Å². The Morgan fingerprint density at radius 2 is 1.87 bits per heavy atom. The predicted molar refractivity (Wildman–Crippen MR) is 93.0 cm³/mol. The summed E-state index contributed by atoms with van der Waals surface area (Å²) in [6.07, 6.45) is 2.14. The lowest BCUT2D eigenvalue weighted by atomic mass is 10.1. The van der Waals surface area contributed by atoms with Gasteiger partial charge < -0.3 is 9.64 Å². The quantitative estimate of drug-likeness (QED) is 0.835. The molecular formula is C20H23NO2. The van der Waals surface area contributed by atoms with Crippen molar-refractivity contribution in [3.05, 3.63) is 59.7 Å². The van der Waals surface area contributed by atoms with Gasteiger partial charge >= 0.3 is 0 Å². The van der Waals surface area contributed by atoms with E-state index < -0.39 is 6.10 Å². The fraction of sp³-hybridized carbons (Fsp3) is 0.350. The van der Waals surface area contributed by atoms with E-state index in [1.807, 2.05) is 42.2 Å². The Kier molecular flexibility index (Phi) is 4.65. The molecule has 120 valence electrons. The van der Waals surface area contributed by atoms with E-state index >= 15 is 0 Å². The van der Waals surface area contributed by atoms with Gasteiger partial charge in [-0.3, -0.25) is 4.79 Å². The monoisotopic (exact) mass is 309 g/mol. The van der Waals surface area contributed by atoms with E-state index in [-0.39, 0.29) is 5.91 Å². The fourth-order valence-electron chi connectivity index (χ4n) is 3.02. The van der Waals surface area contributed by atoms with Gasteiger partial charge in [0.05, 0.1) is 0 Å². The first-order chi connectivity index (χ1) is 11.2. The summed E-state index contributed by atoms with van der Waals surface area (Å²) in [5, 5.41) is 0. The summed E-state index contributed by atoms with van der Waals surface area (Å²) in [6.45, 7) is 4.86. The number of carbonyl (C=O) groups is 1. The van der Waals surface area contributed by atoms with E-state index in [0.29, 0.717) is 6.42 Å². The number of hydrogen-bond acceptors (Lipinski definition) is 2. The SMILES string of the molecule is CCc1ccc(OC(CC)C(=O)N2CCc3ccccc32)cc1. The number of hydrogen-bond donors (Lipinski definition) is 0. The van der Waals surface area contributed by atoms with Gasteiger partial charge in [-0.25, -0.2) is 0 Å². The molecule has 23 heavy (non-hydrogen) atoms. The summed E-state index contributed by atoms with van der Waals surface area (Å²) in [4.78, 5) is 14.7. The lowest BCUT2D eigenvalue weighted by Gasteiger charge is -2.24. The largest absolute Gasteiger partial charge is 0.481 e. The molecule has 0 spiro atoms. The molecule has 3 nitrogen and oxygen atoms in total. The Morgan fingerprint density at radius 1 is 1.13 bits per heavy atom. The molecule has 0 aliphatic carbocycles. The van der Waals surface area contributed by atoms with Crippen molar-refractivity contribution >= 4 is 11.6 Å². The van der Waals surface area contributed by atoms with Crippen LogP contribution in [0.25, 0.3) is 0 Å². The highest BCUT2D eigenvalue weighted by Gasteiger charge is 2.30. The van der Waals surface area contributed by atoms with Gasteiger partial charge in [0.25, 0.3) is 5.91 Å². The van der Waals surface area contributed by atoms with Crippen molar-refractivity contribution in [1.82, 2.24) is 0 Å². The molecule has 0 aromatic heterocycles. The van der Waals surface area contributed by atoms with Crippen molar-refractivity contribution in [2.24, 2.45) is 0 Å². The Hall–Kier alpha value is -2.29. The minimum Gasteiger partial charge on any atom is -0.481 e. The maximum Gasteiger partial charge on any atom is 0.268 e. The highest BCUT2D eigenvalue weighted by atomic mass is 16.5. The summed E-state index contributed by atoms with van der Waals surface area (Å²) in [5.41, 5.74) is 3.54. The van der Waals surface area contributed by atoms with Crippen LogP contribution in [-0.2, 0) is 17.6 Å². The maximum absolute atomic E-state index is 12.9. The number of ether oxygens (including phenoxy) is 1. The van der Waals surface area contributed by atoms with Crippen LogP contribution >= 0.6 is 0 Å². The molecule has 1 unspecified atom stereocenters. The van der Waals surface area contributed by atoms with Crippen LogP contribution in [0.5, 0.6) is 5.75 Å². The molecule has 1 heterocycles. The third-order valence-corrected chi connectivity index (χ3v) is 4.41. The predicted octanol–water partition coefficient (Wildman–Crippen LogP) is 4.00. The summed E-state index contributed by atoms with van der Waals surface area (Å²) in [6, 6.07) is 16.1. The molecule has 1 atom stereocenters. The average molecular weight is 309 g/mol. The third kappa shape index (κ3) is 3.24. The summed E-state index contributed by atoms with van der Waals surface area (Å²) in [7, 11) is 0. The molecular weight excluding hydrogens is 286 g/mol. The van der Waals surface area contributed by atoms with Crippen molar-refractivity contribution < 1.29 is 9.53 Å². The minimum atomic E-state index is -0.436. The fourth-order valence-corrected chi connectivity index (χ4v) is 3.02. The van der Waals surface area contributed by atoms with Gasteiger partial charge in [0.1, 0.15) is 5.75 Å². The number of fused-ring (bicyclic) bond motifs is 1. The van der Waals surface area contributed by atoms with Gasteiger partial charge in [-0.2, -0.15) is 0 Å². The van der Waals surface area contributed by atoms with Gasteiger partial charge in [0.2, 0.25) is 0 Å². The smallest absolute Gasteiger partial charge is 0.268 e. The van der Waals surface area contributed by atoms with E-state index in [1.165, 1.54) is 11.1 Å². The van der Waals surface area contributed by atoms with E-state index in [4.69, 9.17) is 4.74 Å². The van der Waals surface area contributed by atoms with E-state index in [2.05, 4.69) is 25.1 Å². The topological polar surface area (TPSA) is 29.5 Å². The number of anilines is 1. The Balaban J connectivity index is 1.74. The van der Waals surface area contributed by atoms with Crippen molar-refractivity contribution in [3.8, 4) is 5.75 Å². The number of aryl methyl sites for hydroxylation is 1. The van der Waals surface area contributed by atoms with Gasteiger partial charge in [0, 0.05) is 12.2 Å². The van der Waals surface area contributed by atoms with E-state index in [1.54, 1.807) is 0 Å². The molecule has 2 aromatic carbocycles. The Bertz CT molecular complexity index is 678. The molecule has 3 heteroatoms. The summed E-state index contributed by atoms with van der Waals surface area (Å²) < 4.78 is 5.96. The molecule has 0 radical (unpaired) electrons. The second kappa shape index (κ2) is 6.86. The Morgan fingerprint density at radius 3 is 2.57 bits per heavy atom.